The molecule has 2 aromatic heterocycles. The topological polar surface area (TPSA) is 75.3 Å². The number of aromatic nitrogens is 4. The van der Waals surface area contributed by atoms with E-state index in [0.717, 1.165) is 10.0 Å². The predicted octanol–water partition coefficient (Wildman–Crippen LogP) is 1.66. The number of hydrogen-bond donors (Lipinski definition) is 0. The summed E-state index contributed by atoms with van der Waals surface area (Å²) in [6.45, 7) is 1.83. The predicted molar refractivity (Wildman–Crippen MR) is 55.5 cm³/mol. The molecule has 0 aliphatic heterocycles. The van der Waals surface area contributed by atoms with E-state index in [1.54, 1.807) is 11.6 Å². The van der Waals surface area contributed by atoms with E-state index in [1.807, 2.05) is 13.0 Å². The Morgan fingerprint density at radius 2 is 2.33 bits per heavy atom. The fourth-order valence-corrected chi connectivity index (χ4v) is 2.33. The summed E-state index contributed by atoms with van der Waals surface area (Å²) in [6.07, 6.45) is 0. The van der Waals surface area contributed by atoms with Gasteiger partial charge in [-0.1, -0.05) is 11.3 Å². The van der Waals surface area contributed by atoms with Crippen molar-refractivity contribution >= 4 is 23.1 Å². The molecule has 0 amide bonds. The van der Waals surface area contributed by atoms with Gasteiger partial charge in [-0.3, -0.25) is 0 Å². The lowest BCUT2D eigenvalue weighted by Crippen LogP contribution is -1.93. The molecular weight excluding hydrogens is 230 g/mol. The van der Waals surface area contributed by atoms with E-state index in [2.05, 4.69) is 20.2 Å². The Bertz CT molecular complexity index is 502. The summed E-state index contributed by atoms with van der Waals surface area (Å²) in [5.41, 5.74) is 2.78. The molecule has 0 aliphatic carbocycles. The summed E-state index contributed by atoms with van der Waals surface area (Å²) < 4.78 is 0.768. The van der Waals surface area contributed by atoms with E-state index in [-0.39, 0.29) is 0 Å². The lowest BCUT2D eigenvalue weighted by molar-refractivity contribution is 0.914. The van der Waals surface area contributed by atoms with Gasteiger partial charge in [-0.15, -0.1) is 10.2 Å². The molecule has 0 fully saturated rings. The third-order valence-electron chi connectivity index (χ3n) is 1.47. The van der Waals surface area contributed by atoms with E-state index in [9.17, 15) is 0 Å². The van der Waals surface area contributed by atoms with E-state index < -0.39 is 0 Å². The van der Waals surface area contributed by atoms with Crippen molar-refractivity contribution in [2.75, 3.05) is 0 Å². The summed E-state index contributed by atoms with van der Waals surface area (Å²) in [6, 6.07) is 3.63. The SMILES string of the molecule is Cc1cc(C#N)nc(Sc2nncs2)n1. The van der Waals surface area contributed by atoms with Crippen molar-refractivity contribution in [3.8, 4) is 6.07 Å². The molecule has 0 spiro atoms. The van der Waals surface area contributed by atoms with Crippen molar-refractivity contribution in [2.45, 2.75) is 16.4 Å². The van der Waals surface area contributed by atoms with Crippen LogP contribution in [0, 0.1) is 18.3 Å². The minimum atomic E-state index is 0.370. The summed E-state index contributed by atoms with van der Waals surface area (Å²) in [5.74, 6) is 0. The zero-order valence-electron chi connectivity index (χ0n) is 7.71. The molecule has 7 heteroatoms. The Morgan fingerprint density at radius 1 is 1.47 bits per heavy atom. The smallest absolute Gasteiger partial charge is 0.196 e. The molecular formula is C8H5N5S2. The third kappa shape index (κ3) is 2.49. The van der Waals surface area contributed by atoms with Crippen molar-refractivity contribution in [1.82, 2.24) is 20.2 Å². The van der Waals surface area contributed by atoms with Crippen molar-refractivity contribution in [3.63, 3.8) is 0 Å². The molecule has 15 heavy (non-hydrogen) atoms. The highest BCUT2D eigenvalue weighted by molar-refractivity contribution is 8.00. The van der Waals surface area contributed by atoms with Crippen molar-refractivity contribution < 1.29 is 0 Å². The number of aryl methyl sites for hydroxylation is 1. The first-order valence-corrected chi connectivity index (χ1v) is 5.67. The monoisotopic (exact) mass is 235 g/mol. The molecule has 0 atom stereocenters. The van der Waals surface area contributed by atoms with E-state index in [1.165, 1.54) is 23.1 Å². The van der Waals surface area contributed by atoms with Gasteiger partial charge in [-0.05, 0) is 24.8 Å². The van der Waals surface area contributed by atoms with Crippen LogP contribution in [0.15, 0.2) is 21.1 Å². The highest BCUT2D eigenvalue weighted by Crippen LogP contribution is 2.25. The van der Waals surface area contributed by atoms with Gasteiger partial charge >= 0.3 is 0 Å². The Hall–Kier alpha value is -1.52. The minimum absolute atomic E-state index is 0.370. The molecule has 0 bridgehead atoms. The summed E-state index contributed by atoms with van der Waals surface area (Å²) in [4.78, 5) is 8.25. The molecule has 0 unspecified atom stereocenters. The third-order valence-corrected chi connectivity index (χ3v) is 3.11. The molecule has 2 aromatic rings. The molecule has 0 aromatic carbocycles. The van der Waals surface area contributed by atoms with Crippen LogP contribution in [-0.4, -0.2) is 20.2 Å². The van der Waals surface area contributed by atoms with Gasteiger partial charge in [0, 0.05) is 5.69 Å². The zero-order valence-corrected chi connectivity index (χ0v) is 9.34. The standard InChI is InChI=1S/C8H5N5S2/c1-5-2-6(3-9)12-7(11-5)15-8-13-10-4-14-8/h2,4H,1H3. The Labute approximate surface area is 94.2 Å². The Balaban J connectivity index is 2.29. The second-order valence-electron chi connectivity index (χ2n) is 2.60. The molecule has 2 heterocycles. The first kappa shape index (κ1) is 10.0. The second kappa shape index (κ2) is 4.33. The van der Waals surface area contributed by atoms with Crippen LogP contribution in [0.1, 0.15) is 11.4 Å². The lowest BCUT2D eigenvalue weighted by Gasteiger charge is -1.97. The van der Waals surface area contributed by atoms with Crippen LogP contribution in [0.3, 0.4) is 0 Å². The van der Waals surface area contributed by atoms with Crippen molar-refractivity contribution in [2.24, 2.45) is 0 Å². The van der Waals surface area contributed by atoms with E-state index in [0.29, 0.717) is 10.9 Å². The number of nitrogens with zero attached hydrogens (tertiary/aromatic N) is 5. The normalized spacial score (nSPS) is 9.87. The largest absolute Gasteiger partial charge is 0.227 e. The van der Waals surface area contributed by atoms with Crippen LogP contribution in [0.25, 0.3) is 0 Å². The summed E-state index contributed by atoms with van der Waals surface area (Å²) in [5, 5.41) is 16.8. The molecule has 5 nitrogen and oxygen atoms in total. The number of rotatable bonds is 2. The van der Waals surface area contributed by atoms with Gasteiger partial charge in [0.1, 0.15) is 17.3 Å². The highest BCUT2D eigenvalue weighted by atomic mass is 32.2. The highest BCUT2D eigenvalue weighted by Gasteiger charge is 2.06. The van der Waals surface area contributed by atoms with Gasteiger partial charge in [-0.25, -0.2) is 9.97 Å². The van der Waals surface area contributed by atoms with Crippen molar-refractivity contribution in [1.29, 1.82) is 5.26 Å². The first-order chi connectivity index (χ1) is 7.28. The van der Waals surface area contributed by atoms with Crippen LogP contribution in [-0.2, 0) is 0 Å². The fraction of sp³-hybridized carbons (Fsp3) is 0.125. The quantitative estimate of drug-likeness (QED) is 0.737. The molecule has 0 N–H and O–H groups in total. The van der Waals surface area contributed by atoms with Crippen LogP contribution in [0.5, 0.6) is 0 Å². The maximum absolute atomic E-state index is 8.74. The maximum Gasteiger partial charge on any atom is 0.196 e. The summed E-state index contributed by atoms with van der Waals surface area (Å²) >= 11 is 2.72. The van der Waals surface area contributed by atoms with Gasteiger partial charge in [0.25, 0.3) is 0 Å². The molecule has 2 rings (SSSR count). The fourth-order valence-electron chi connectivity index (χ4n) is 0.930. The lowest BCUT2D eigenvalue weighted by atomic mass is 10.4. The molecule has 0 saturated carbocycles. The Kier molecular flexibility index (Phi) is 2.89. The van der Waals surface area contributed by atoms with E-state index >= 15 is 0 Å². The average Bonchev–Trinajstić information content (AvgIpc) is 2.69. The number of nitriles is 1. The number of hydrogen-bond acceptors (Lipinski definition) is 7. The molecule has 0 radical (unpaired) electrons. The van der Waals surface area contributed by atoms with Crippen molar-refractivity contribution in [3.05, 3.63) is 23.0 Å². The van der Waals surface area contributed by atoms with Crippen LogP contribution in [0.4, 0.5) is 0 Å². The minimum Gasteiger partial charge on any atom is -0.227 e. The molecule has 0 aliphatic rings. The Morgan fingerprint density at radius 3 is 3.00 bits per heavy atom. The summed E-state index contributed by atoms with van der Waals surface area (Å²) in [7, 11) is 0. The zero-order chi connectivity index (χ0) is 10.7. The van der Waals surface area contributed by atoms with Gasteiger partial charge in [0.05, 0.1) is 0 Å². The molecule has 0 saturated heterocycles. The van der Waals surface area contributed by atoms with Gasteiger partial charge in [-0.2, -0.15) is 5.26 Å². The molecule has 74 valence electrons. The van der Waals surface area contributed by atoms with E-state index in [4.69, 9.17) is 5.26 Å². The van der Waals surface area contributed by atoms with Gasteiger partial charge < -0.3 is 0 Å². The van der Waals surface area contributed by atoms with Crippen LogP contribution >= 0.6 is 23.1 Å². The van der Waals surface area contributed by atoms with Crippen LogP contribution in [0.2, 0.25) is 0 Å². The van der Waals surface area contributed by atoms with Crippen LogP contribution < -0.4 is 0 Å². The second-order valence-corrected chi connectivity index (χ2v) is 4.64. The first-order valence-electron chi connectivity index (χ1n) is 3.98. The van der Waals surface area contributed by atoms with Gasteiger partial charge in [0.15, 0.2) is 9.50 Å². The maximum atomic E-state index is 8.74. The average molecular weight is 235 g/mol. The van der Waals surface area contributed by atoms with Gasteiger partial charge in [0.2, 0.25) is 0 Å².